The molecule has 13 nitrogen and oxygen atoms in total. The highest BCUT2D eigenvalue weighted by Gasteiger charge is 2.32. The average Bonchev–Trinajstić information content (AvgIpc) is 3.74. The van der Waals surface area contributed by atoms with Gasteiger partial charge in [0.2, 0.25) is 30.0 Å². The van der Waals surface area contributed by atoms with Crippen molar-refractivity contribution in [2.75, 3.05) is 5.32 Å². The van der Waals surface area contributed by atoms with Crippen LogP contribution in [0.3, 0.4) is 0 Å². The molecule has 0 saturated heterocycles. The zero-order valence-electron chi connectivity index (χ0n) is 31.2. The number of amides is 5. The van der Waals surface area contributed by atoms with E-state index in [9.17, 15) is 33.9 Å². The third kappa shape index (κ3) is 12.7. The van der Waals surface area contributed by atoms with Crippen LogP contribution in [-0.2, 0) is 54.5 Å². The fourth-order valence-electron chi connectivity index (χ4n) is 6.07. The summed E-state index contributed by atoms with van der Waals surface area (Å²) in [5.41, 5.74) is 4.43. The number of nitrogens with zero attached hydrogens (tertiary/aromatic N) is 1. The van der Waals surface area contributed by atoms with Crippen LogP contribution in [0.2, 0.25) is 0 Å². The van der Waals surface area contributed by atoms with Gasteiger partial charge in [-0.3, -0.25) is 29.0 Å². The Balaban J connectivity index is 1.41. The Morgan fingerprint density at radius 2 is 1.12 bits per heavy atom. The molecule has 3 aromatic carbocycles. The van der Waals surface area contributed by atoms with E-state index in [2.05, 4.69) is 31.6 Å². The minimum absolute atomic E-state index is 0.0154. The molecule has 5 aromatic rings. The van der Waals surface area contributed by atoms with Gasteiger partial charge in [-0.1, -0.05) is 79.7 Å². The molecule has 57 heavy (non-hydrogen) atoms. The summed E-state index contributed by atoms with van der Waals surface area (Å²) in [5.74, 6) is -3.65. The molecule has 0 aliphatic rings. The molecule has 0 spiro atoms. The molecule has 0 unspecified atom stereocenters. The maximum atomic E-state index is 14.3. The van der Waals surface area contributed by atoms with Crippen LogP contribution >= 0.6 is 11.3 Å². The third-order valence-electron chi connectivity index (χ3n) is 9.15. The average molecular weight is 789 g/mol. The van der Waals surface area contributed by atoms with Crippen molar-refractivity contribution in [2.24, 2.45) is 0 Å². The molecule has 0 fully saturated rings. The highest BCUT2D eigenvalue weighted by atomic mass is 32.1. The van der Waals surface area contributed by atoms with E-state index in [0.717, 1.165) is 21.6 Å². The van der Waals surface area contributed by atoms with Crippen molar-refractivity contribution in [3.8, 4) is 11.1 Å². The normalized spacial score (nSPS) is 12.9. The van der Waals surface area contributed by atoms with Gasteiger partial charge in [0.15, 0.2) is 0 Å². The lowest BCUT2D eigenvalue weighted by molar-refractivity contribution is -0.142. The first-order valence-electron chi connectivity index (χ1n) is 18.4. The molecular weight excluding hydrogens is 745 g/mol. The molecule has 0 saturated carbocycles. The molecule has 4 atom stereocenters. The Bertz CT molecular complexity index is 2100. The van der Waals surface area contributed by atoms with Crippen LogP contribution in [0.25, 0.3) is 11.1 Å². The summed E-state index contributed by atoms with van der Waals surface area (Å²) in [6.07, 6.45) is 3.90. The number of anilines is 1. The van der Waals surface area contributed by atoms with Crippen molar-refractivity contribution in [2.45, 2.75) is 63.2 Å². The van der Waals surface area contributed by atoms with Gasteiger partial charge < -0.3 is 31.7 Å². The molecule has 2 aromatic heterocycles. The smallest absolute Gasteiger partial charge is 0.326 e. The summed E-state index contributed by atoms with van der Waals surface area (Å²) in [6, 6.07) is 26.1. The summed E-state index contributed by atoms with van der Waals surface area (Å²) >= 11 is 1.44. The Hall–Kier alpha value is -6.67. The zero-order chi connectivity index (χ0) is 40.6. The number of pyridine rings is 1. The summed E-state index contributed by atoms with van der Waals surface area (Å²) in [4.78, 5) is 82.9. The number of carbonyl (C=O) groups excluding carboxylic acids is 5. The van der Waals surface area contributed by atoms with Crippen LogP contribution in [0, 0.1) is 0 Å². The molecule has 6 N–H and O–H groups in total. The molecule has 5 amide bonds. The Morgan fingerprint density at radius 1 is 0.614 bits per heavy atom. The topological polar surface area (TPSA) is 196 Å². The predicted molar refractivity (Wildman–Crippen MR) is 217 cm³/mol. The Kier molecular flexibility index (Phi) is 15.2. The van der Waals surface area contributed by atoms with Crippen LogP contribution < -0.4 is 26.6 Å². The van der Waals surface area contributed by atoms with Crippen molar-refractivity contribution in [1.82, 2.24) is 26.3 Å². The maximum absolute atomic E-state index is 14.3. The molecule has 0 bridgehead atoms. The van der Waals surface area contributed by atoms with E-state index in [-0.39, 0.29) is 38.0 Å². The fourth-order valence-corrected chi connectivity index (χ4v) is 6.82. The van der Waals surface area contributed by atoms with E-state index in [4.69, 9.17) is 0 Å². The van der Waals surface area contributed by atoms with Crippen molar-refractivity contribution in [3.63, 3.8) is 0 Å². The van der Waals surface area contributed by atoms with Crippen molar-refractivity contribution in [3.05, 3.63) is 142 Å². The van der Waals surface area contributed by atoms with Gasteiger partial charge in [0.25, 0.3) is 0 Å². The number of hydrogen-bond acceptors (Lipinski definition) is 8. The molecular formula is C43H44N6O7S. The van der Waals surface area contributed by atoms with Gasteiger partial charge in [-0.2, -0.15) is 0 Å². The van der Waals surface area contributed by atoms with Gasteiger partial charge in [-0.05, 0) is 63.5 Å². The van der Waals surface area contributed by atoms with Crippen LogP contribution in [0.15, 0.2) is 121 Å². The molecule has 294 valence electrons. The summed E-state index contributed by atoms with van der Waals surface area (Å²) in [5, 5.41) is 25.5. The predicted octanol–water partition coefficient (Wildman–Crippen LogP) is 4.08. The van der Waals surface area contributed by atoms with Gasteiger partial charge in [0, 0.05) is 55.1 Å². The van der Waals surface area contributed by atoms with E-state index < -0.39 is 47.9 Å². The largest absolute Gasteiger partial charge is 0.480 e. The molecule has 5 rings (SSSR count). The van der Waals surface area contributed by atoms with Crippen molar-refractivity contribution < 1.29 is 33.9 Å². The Morgan fingerprint density at radius 3 is 1.65 bits per heavy atom. The van der Waals surface area contributed by atoms with Crippen LogP contribution in [-0.4, -0.2) is 70.3 Å². The number of aromatic nitrogens is 1. The van der Waals surface area contributed by atoms with Gasteiger partial charge in [-0.15, -0.1) is 11.3 Å². The molecule has 2 heterocycles. The SMILES string of the molecule is CCC(=O)N[C@H](Cc1cccs1)C(=O)N[C@@H](Cc1ccc(-c2ccccc2)cc1)C(=O)N[C@@H](Cc1ccncc1)C(=O)N[C@@H](Cc1ccc(NC=O)cc1)C(=O)O. The molecule has 14 heteroatoms. The first-order valence-corrected chi connectivity index (χ1v) is 19.3. The molecule has 0 radical (unpaired) electrons. The highest BCUT2D eigenvalue weighted by molar-refractivity contribution is 7.09. The quantitative estimate of drug-likeness (QED) is 0.0635. The highest BCUT2D eigenvalue weighted by Crippen LogP contribution is 2.20. The molecule has 0 aliphatic carbocycles. The number of thiophene rings is 1. The fraction of sp³-hybridized carbons (Fsp3) is 0.233. The van der Waals surface area contributed by atoms with Crippen molar-refractivity contribution in [1.29, 1.82) is 0 Å². The number of carboxylic acid groups (broad SMARTS) is 1. The van der Waals surface area contributed by atoms with Gasteiger partial charge >= 0.3 is 5.97 Å². The minimum Gasteiger partial charge on any atom is -0.480 e. The second kappa shape index (κ2) is 20.9. The minimum atomic E-state index is -1.36. The number of hydrogen-bond donors (Lipinski definition) is 6. The first kappa shape index (κ1) is 41.5. The van der Waals surface area contributed by atoms with E-state index in [1.807, 2.05) is 72.1 Å². The number of aliphatic carboxylic acids is 1. The lowest BCUT2D eigenvalue weighted by Crippen LogP contribution is -2.59. The number of carbonyl (C=O) groups is 6. The first-order chi connectivity index (χ1) is 27.6. The monoisotopic (exact) mass is 788 g/mol. The molecule has 0 aliphatic heterocycles. The number of rotatable bonds is 20. The van der Waals surface area contributed by atoms with E-state index in [1.165, 1.54) is 23.7 Å². The van der Waals surface area contributed by atoms with Gasteiger partial charge in [0.1, 0.15) is 24.2 Å². The van der Waals surface area contributed by atoms with Crippen LogP contribution in [0.5, 0.6) is 0 Å². The van der Waals surface area contributed by atoms with Crippen molar-refractivity contribution >= 4 is 53.0 Å². The van der Waals surface area contributed by atoms with E-state index in [1.54, 1.807) is 43.3 Å². The zero-order valence-corrected chi connectivity index (χ0v) is 32.0. The summed E-state index contributed by atoms with van der Waals surface area (Å²) in [6.45, 7) is 1.68. The lowest BCUT2D eigenvalue weighted by Gasteiger charge is -2.26. The van der Waals surface area contributed by atoms with E-state index in [0.29, 0.717) is 23.2 Å². The standard InChI is InChI=1S/C43H44N6O7S/c1-2-39(51)46-37(26-34-9-6-22-57-34)42(54)48-35(23-28-10-14-32(15-11-28)31-7-4-3-5-8-31)40(52)47-36(24-30-18-20-44-21-19-30)41(53)49-38(43(55)56)25-29-12-16-33(17-13-29)45-27-50/h3-22,27,35-38H,2,23-26H2,1H3,(H,45,50)(H,46,51)(H,47,52)(H,48,54)(H,49,53)(H,55,56)/t35-,36-,37+,38-/m0/s1. The van der Waals surface area contributed by atoms with Crippen LogP contribution in [0.1, 0.15) is 34.9 Å². The number of nitrogens with one attached hydrogen (secondary N) is 5. The number of carboxylic acids is 1. The third-order valence-corrected chi connectivity index (χ3v) is 10.0. The van der Waals surface area contributed by atoms with Gasteiger partial charge in [-0.25, -0.2) is 4.79 Å². The second-order valence-electron chi connectivity index (χ2n) is 13.3. The second-order valence-corrected chi connectivity index (χ2v) is 14.3. The summed E-state index contributed by atoms with van der Waals surface area (Å²) in [7, 11) is 0. The van der Waals surface area contributed by atoms with Crippen LogP contribution in [0.4, 0.5) is 5.69 Å². The van der Waals surface area contributed by atoms with E-state index >= 15 is 0 Å². The maximum Gasteiger partial charge on any atom is 0.326 e. The van der Waals surface area contributed by atoms with Gasteiger partial charge in [0.05, 0.1) is 0 Å². The lowest BCUT2D eigenvalue weighted by atomic mass is 9.99. The summed E-state index contributed by atoms with van der Waals surface area (Å²) < 4.78 is 0. The number of benzene rings is 3. The Labute approximate surface area is 334 Å².